The Labute approximate surface area is 120 Å². The van der Waals surface area contributed by atoms with Crippen molar-refractivity contribution >= 4 is 23.6 Å². The van der Waals surface area contributed by atoms with Crippen LogP contribution < -0.4 is 5.32 Å². The summed E-state index contributed by atoms with van der Waals surface area (Å²) in [5.74, 6) is -1.30. The molecule has 0 bridgehead atoms. The van der Waals surface area contributed by atoms with Crippen LogP contribution in [0.2, 0.25) is 0 Å². The van der Waals surface area contributed by atoms with Crippen LogP contribution in [0.15, 0.2) is 29.2 Å². The molecule has 1 unspecified atom stereocenters. The summed E-state index contributed by atoms with van der Waals surface area (Å²) in [6.07, 6.45) is 0.984. The number of aliphatic carboxylic acids is 1. The lowest BCUT2D eigenvalue weighted by Crippen LogP contribution is -2.45. The molecule has 2 rings (SSSR count). The second-order valence-electron chi connectivity index (χ2n) is 5.04. The molecule has 1 atom stereocenters. The Kier molecular flexibility index (Phi) is 4.32. The quantitative estimate of drug-likeness (QED) is 0.791. The maximum Gasteiger partial charge on any atom is 0.329 e. The molecule has 0 aliphatic heterocycles. The average Bonchev–Trinajstić information content (AvgIpc) is 3.18. The summed E-state index contributed by atoms with van der Waals surface area (Å²) in [6, 6.07) is 6.06. The van der Waals surface area contributed by atoms with Gasteiger partial charge in [-0.1, -0.05) is 6.92 Å². The summed E-state index contributed by atoms with van der Waals surface area (Å²) >= 11 is 1.45. The fourth-order valence-corrected chi connectivity index (χ4v) is 2.63. The van der Waals surface area contributed by atoms with Gasteiger partial charge in [-0.3, -0.25) is 4.79 Å². The lowest BCUT2D eigenvalue weighted by molar-refractivity contribution is -0.143. The van der Waals surface area contributed by atoms with Gasteiger partial charge in [-0.2, -0.15) is 0 Å². The normalized spacial score (nSPS) is 17.3. The van der Waals surface area contributed by atoms with Gasteiger partial charge in [-0.05, 0) is 37.1 Å². The number of carboxylic acids is 1. The maximum absolute atomic E-state index is 12.8. The van der Waals surface area contributed by atoms with Crippen LogP contribution >= 0.6 is 11.8 Å². The van der Waals surface area contributed by atoms with Crippen molar-refractivity contribution in [2.24, 2.45) is 5.92 Å². The number of carbonyl (C=O) groups is 2. The highest BCUT2D eigenvalue weighted by Gasteiger charge is 2.51. The Morgan fingerprint density at radius 1 is 1.40 bits per heavy atom. The summed E-state index contributed by atoms with van der Waals surface area (Å²) < 4.78 is 12.8. The zero-order valence-electron chi connectivity index (χ0n) is 11.1. The number of benzene rings is 1. The molecular weight excluding hydrogens is 281 g/mol. The van der Waals surface area contributed by atoms with Gasteiger partial charge in [0.15, 0.2) is 0 Å². The maximum atomic E-state index is 12.8. The lowest BCUT2D eigenvalue weighted by Gasteiger charge is -2.16. The Morgan fingerprint density at radius 3 is 2.50 bits per heavy atom. The highest BCUT2D eigenvalue weighted by Crippen LogP contribution is 2.36. The van der Waals surface area contributed by atoms with E-state index in [0.717, 1.165) is 4.90 Å². The van der Waals surface area contributed by atoms with Crippen LogP contribution in [-0.4, -0.2) is 28.3 Å². The van der Waals surface area contributed by atoms with Crippen LogP contribution in [0.4, 0.5) is 4.39 Å². The fraction of sp³-hybridized carbons (Fsp3) is 0.429. The molecule has 1 aliphatic carbocycles. The minimum atomic E-state index is -1.04. The van der Waals surface area contributed by atoms with E-state index in [2.05, 4.69) is 5.32 Å². The molecule has 2 N–H and O–H groups in total. The fourth-order valence-electron chi connectivity index (χ4n) is 1.70. The van der Waals surface area contributed by atoms with E-state index in [1.807, 2.05) is 0 Å². The minimum absolute atomic E-state index is 0.250. The van der Waals surface area contributed by atoms with Gasteiger partial charge in [0.1, 0.15) is 11.4 Å². The van der Waals surface area contributed by atoms with Crippen molar-refractivity contribution in [1.29, 1.82) is 0 Å². The van der Waals surface area contributed by atoms with E-state index >= 15 is 0 Å². The number of hydrogen-bond donors (Lipinski definition) is 2. The highest BCUT2D eigenvalue weighted by molar-refractivity contribution is 7.99. The van der Waals surface area contributed by atoms with Crippen molar-refractivity contribution in [1.82, 2.24) is 5.32 Å². The summed E-state index contributed by atoms with van der Waals surface area (Å²) in [5.41, 5.74) is -1.04. The van der Waals surface area contributed by atoms with Crippen LogP contribution in [-0.2, 0) is 9.59 Å². The lowest BCUT2D eigenvalue weighted by atomic mass is 10.1. The molecule has 4 nitrogen and oxygen atoms in total. The van der Waals surface area contributed by atoms with E-state index in [0.29, 0.717) is 18.6 Å². The van der Waals surface area contributed by atoms with Gasteiger partial charge in [0.2, 0.25) is 5.91 Å². The van der Waals surface area contributed by atoms with Gasteiger partial charge in [-0.25, -0.2) is 9.18 Å². The van der Waals surface area contributed by atoms with E-state index in [4.69, 9.17) is 5.11 Å². The van der Waals surface area contributed by atoms with Crippen LogP contribution in [0.1, 0.15) is 19.8 Å². The number of carbonyl (C=O) groups excluding carboxylic acids is 1. The van der Waals surface area contributed by atoms with Crippen molar-refractivity contribution in [2.75, 3.05) is 5.75 Å². The number of thioether (sulfide) groups is 1. The molecule has 108 valence electrons. The van der Waals surface area contributed by atoms with Crippen molar-refractivity contribution in [3.05, 3.63) is 30.1 Å². The first-order chi connectivity index (χ1) is 9.43. The predicted molar refractivity (Wildman–Crippen MR) is 74.0 cm³/mol. The first kappa shape index (κ1) is 14.8. The zero-order valence-corrected chi connectivity index (χ0v) is 11.9. The van der Waals surface area contributed by atoms with Crippen molar-refractivity contribution in [3.63, 3.8) is 0 Å². The van der Waals surface area contributed by atoms with Crippen LogP contribution in [0.5, 0.6) is 0 Å². The summed E-state index contributed by atoms with van der Waals surface area (Å²) in [7, 11) is 0. The predicted octanol–water partition coefficient (Wildman–Crippen LogP) is 2.29. The Bertz CT molecular complexity index is 514. The smallest absolute Gasteiger partial charge is 0.329 e. The number of halogens is 1. The molecular formula is C14H16FNO3S. The van der Waals surface area contributed by atoms with Crippen LogP contribution in [0.25, 0.3) is 0 Å². The number of hydrogen-bond acceptors (Lipinski definition) is 3. The third-order valence-electron chi connectivity index (χ3n) is 3.28. The molecule has 20 heavy (non-hydrogen) atoms. The number of carboxylic acid groups (broad SMARTS) is 1. The van der Waals surface area contributed by atoms with Crippen molar-refractivity contribution < 1.29 is 19.1 Å². The molecule has 1 aliphatic rings. The highest BCUT2D eigenvalue weighted by atomic mass is 32.2. The molecule has 1 aromatic rings. The van der Waals surface area contributed by atoms with Gasteiger partial charge in [0.05, 0.1) is 0 Å². The molecule has 0 aromatic heterocycles. The zero-order chi connectivity index (χ0) is 14.8. The molecule has 6 heteroatoms. The first-order valence-electron chi connectivity index (χ1n) is 6.37. The third-order valence-corrected chi connectivity index (χ3v) is 4.56. The molecule has 0 saturated heterocycles. The van der Waals surface area contributed by atoms with Gasteiger partial charge in [0, 0.05) is 16.6 Å². The average molecular weight is 297 g/mol. The molecule has 0 radical (unpaired) electrons. The van der Waals surface area contributed by atoms with Crippen molar-refractivity contribution in [3.8, 4) is 0 Å². The van der Waals surface area contributed by atoms with E-state index in [-0.39, 0.29) is 17.6 Å². The van der Waals surface area contributed by atoms with E-state index < -0.39 is 11.5 Å². The van der Waals surface area contributed by atoms with Crippen molar-refractivity contribution in [2.45, 2.75) is 30.2 Å². The molecule has 1 aromatic carbocycles. The van der Waals surface area contributed by atoms with E-state index in [1.165, 1.54) is 23.9 Å². The third kappa shape index (κ3) is 3.50. The van der Waals surface area contributed by atoms with E-state index in [1.54, 1.807) is 19.1 Å². The number of amides is 1. The first-order valence-corrected chi connectivity index (χ1v) is 7.35. The SMILES string of the molecule is CC(CSc1ccc(F)cc1)C(=O)NC1(C(=O)O)CC1. The van der Waals surface area contributed by atoms with Crippen LogP contribution in [0.3, 0.4) is 0 Å². The molecule has 0 heterocycles. The second-order valence-corrected chi connectivity index (χ2v) is 6.14. The Hall–Kier alpha value is -1.56. The van der Waals surface area contributed by atoms with E-state index in [9.17, 15) is 14.0 Å². The molecule has 1 fully saturated rings. The topological polar surface area (TPSA) is 66.4 Å². The standard InChI is InChI=1S/C14H16FNO3S/c1-9(8-20-11-4-2-10(15)3-5-11)12(17)16-14(6-7-14)13(18)19/h2-5,9H,6-8H2,1H3,(H,16,17)(H,18,19). The summed E-state index contributed by atoms with van der Waals surface area (Å²) in [4.78, 5) is 23.8. The van der Waals surface area contributed by atoms with Crippen LogP contribution in [0, 0.1) is 11.7 Å². The Morgan fingerprint density at radius 2 is 2.00 bits per heavy atom. The summed E-state index contributed by atoms with van der Waals surface area (Å²) in [5, 5.41) is 11.6. The molecule has 1 amide bonds. The van der Waals surface area contributed by atoms with Gasteiger partial charge in [0.25, 0.3) is 0 Å². The monoisotopic (exact) mass is 297 g/mol. The van der Waals surface area contributed by atoms with Gasteiger partial charge >= 0.3 is 5.97 Å². The second kappa shape index (κ2) is 5.83. The largest absolute Gasteiger partial charge is 0.480 e. The molecule has 0 spiro atoms. The molecule has 1 saturated carbocycles. The number of rotatable bonds is 6. The summed E-state index contributed by atoms with van der Waals surface area (Å²) in [6.45, 7) is 1.75. The Balaban J connectivity index is 1.82. The van der Waals surface area contributed by atoms with Gasteiger partial charge < -0.3 is 10.4 Å². The van der Waals surface area contributed by atoms with Gasteiger partial charge in [-0.15, -0.1) is 11.8 Å². The minimum Gasteiger partial charge on any atom is -0.480 e. The number of nitrogens with one attached hydrogen (secondary N) is 1.